The normalized spacial score (nSPS) is 13.3. The third-order valence-electron chi connectivity index (χ3n) is 5.63. The Balaban J connectivity index is 1.73. The molecule has 4 aromatic rings. The van der Waals surface area contributed by atoms with E-state index in [0.29, 0.717) is 53.5 Å². The molecule has 0 spiro atoms. The number of para-hydroxylation sites is 1. The second-order valence-corrected chi connectivity index (χ2v) is 9.38. The monoisotopic (exact) mass is 535 g/mol. The number of hydrogen-bond acceptors (Lipinski definition) is 9. The van der Waals surface area contributed by atoms with Gasteiger partial charge in [0.05, 0.1) is 36.6 Å². The fourth-order valence-corrected chi connectivity index (χ4v) is 5.03. The van der Waals surface area contributed by atoms with Gasteiger partial charge in [-0.15, -0.1) is 0 Å². The lowest BCUT2D eigenvalue weighted by Crippen LogP contribution is -2.40. The summed E-state index contributed by atoms with van der Waals surface area (Å²) in [5.41, 5.74) is 0.898. The Morgan fingerprint density at radius 1 is 1.14 bits per heavy atom. The number of aromatic nitrogens is 2. The van der Waals surface area contributed by atoms with E-state index in [9.17, 15) is 9.59 Å². The Morgan fingerprint density at radius 3 is 2.57 bits per heavy atom. The number of morpholine rings is 1. The molecule has 0 saturated carbocycles. The zero-order valence-electron chi connectivity index (χ0n) is 19.9. The summed E-state index contributed by atoms with van der Waals surface area (Å²) in [6.07, 6.45) is 0. The minimum Gasteiger partial charge on any atom is -0.462 e. The van der Waals surface area contributed by atoms with E-state index in [1.807, 2.05) is 35.2 Å². The topological polar surface area (TPSA) is 98.4 Å². The molecule has 11 heteroatoms. The maximum atomic E-state index is 14.0. The molecule has 0 radical (unpaired) electrons. The average molecular weight is 536 g/mol. The Labute approximate surface area is 221 Å². The number of hydrogen-bond donors (Lipinski definition) is 0. The van der Waals surface area contributed by atoms with E-state index in [-0.39, 0.29) is 28.1 Å². The van der Waals surface area contributed by atoms with Crippen LogP contribution in [0.2, 0.25) is 5.02 Å². The number of nitrogens with zero attached hydrogens (tertiary/aromatic N) is 5. The molecular formula is C26H22ClN5O4S. The molecule has 2 aromatic heterocycles. The number of aliphatic imine (C=N–C) groups is 2. The van der Waals surface area contributed by atoms with Gasteiger partial charge in [-0.25, -0.2) is 14.3 Å². The van der Waals surface area contributed by atoms with Crippen LogP contribution in [0.1, 0.15) is 17.3 Å². The molecule has 1 saturated heterocycles. The highest BCUT2D eigenvalue weighted by Gasteiger charge is 2.28. The first-order chi connectivity index (χ1) is 18.1. The first-order valence-corrected chi connectivity index (χ1v) is 12.8. The number of carbonyl (C=O) groups is 1. The van der Waals surface area contributed by atoms with Gasteiger partial charge in [0.2, 0.25) is 5.95 Å². The molecule has 1 fully saturated rings. The van der Waals surface area contributed by atoms with Crippen LogP contribution in [0.15, 0.2) is 69.4 Å². The van der Waals surface area contributed by atoms with Crippen molar-refractivity contribution < 1.29 is 14.3 Å². The van der Waals surface area contributed by atoms with E-state index in [1.165, 1.54) is 4.57 Å². The summed E-state index contributed by atoms with van der Waals surface area (Å²) in [5, 5.41) is 0.979. The van der Waals surface area contributed by atoms with Gasteiger partial charge in [-0.3, -0.25) is 4.79 Å². The van der Waals surface area contributed by atoms with Crippen LogP contribution in [-0.4, -0.2) is 54.4 Å². The Hall–Kier alpha value is -3.82. The van der Waals surface area contributed by atoms with Crippen LogP contribution >= 0.6 is 22.9 Å². The van der Waals surface area contributed by atoms with Crippen molar-refractivity contribution in [1.82, 2.24) is 9.55 Å². The highest BCUT2D eigenvalue weighted by Crippen LogP contribution is 2.37. The van der Waals surface area contributed by atoms with Gasteiger partial charge < -0.3 is 14.4 Å². The number of rotatable bonds is 6. The minimum absolute atomic E-state index is 0.0522. The number of carbonyl (C=O) groups excluding carboxylic acids is 1. The number of esters is 1. The molecule has 0 atom stereocenters. The number of thiophene rings is 1. The average Bonchev–Trinajstić information content (AvgIpc) is 3.29. The fourth-order valence-electron chi connectivity index (χ4n) is 3.93. The summed E-state index contributed by atoms with van der Waals surface area (Å²) in [6.45, 7) is 4.06. The van der Waals surface area contributed by atoms with Gasteiger partial charge in [-0.2, -0.15) is 9.98 Å². The predicted octanol–water partition coefficient (Wildman–Crippen LogP) is 5.25. The maximum Gasteiger partial charge on any atom is 0.342 e. The van der Waals surface area contributed by atoms with Gasteiger partial charge in [0.25, 0.3) is 5.56 Å². The largest absolute Gasteiger partial charge is 0.462 e. The molecule has 9 nitrogen and oxygen atoms in total. The third kappa shape index (κ3) is 5.19. The van der Waals surface area contributed by atoms with E-state index in [2.05, 4.69) is 16.0 Å². The Kier molecular flexibility index (Phi) is 7.43. The molecule has 0 unspecified atom stereocenters. The number of ether oxygens (including phenoxy) is 2. The van der Waals surface area contributed by atoms with Crippen molar-refractivity contribution in [2.45, 2.75) is 6.92 Å². The van der Waals surface area contributed by atoms with Crippen LogP contribution in [0, 0.1) is 0 Å². The van der Waals surface area contributed by atoms with E-state index < -0.39 is 5.97 Å². The van der Waals surface area contributed by atoms with E-state index in [1.54, 1.807) is 31.2 Å². The zero-order valence-corrected chi connectivity index (χ0v) is 21.5. The van der Waals surface area contributed by atoms with E-state index >= 15 is 0 Å². The van der Waals surface area contributed by atoms with Gasteiger partial charge in [-0.1, -0.05) is 41.1 Å². The van der Waals surface area contributed by atoms with Gasteiger partial charge in [0.15, 0.2) is 0 Å². The summed E-state index contributed by atoms with van der Waals surface area (Å²) >= 11 is 7.05. The third-order valence-corrected chi connectivity index (χ3v) is 6.86. The number of anilines is 1. The quantitative estimate of drug-likeness (QED) is 0.247. The summed E-state index contributed by atoms with van der Waals surface area (Å²) in [6, 6.07) is 18.7. The van der Waals surface area contributed by atoms with Crippen molar-refractivity contribution in [1.29, 1.82) is 0 Å². The van der Waals surface area contributed by atoms with Crippen LogP contribution in [0.3, 0.4) is 0 Å². The second-order valence-electron chi connectivity index (χ2n) is 7.97. The molecule has 2 aromatic carbocycles. The van der Waals surface area contributed by atoms with Gasteiger partial charge in [-0.05, 0) is 43.3 Å². The van der Waals surface area contributed by atoms with Crippen LogP contribution in [0.25, 0.3) is 15.9 Å². The van der Waals surface area contributed by atoms with Crippen molar-refractivity contribution in [2.75, 3.05) is 37.8 Å². The molecule has 0 aliphatic carbocycles. The second kappa shape index (κ2) is 11.1. The lowest BCUT2D eigenvalue weighted by Gasteiger charge is -2.29. The standard InChI is InChI=1S/C26H22ClN5O4S/c1-2-36-25(34)21-20-23(37-22(21)29-16-28-18-10-8-17(27)9-11-18)30-26(31-12-14-35-15-13-31)32(24(20)33)19-6-4-3-5-7-19/h3-11H,2,12-15H2,1H3. The molecule has 5 rings (SSSR count). The van der Waals surface area contributed by atoms with Gasteiger partial charge in [0.1, 0.15) is 21.4 Å². The first-order valence-electron chi connectivity index (χ1n) is 11.6. The lowest BCUT2D eigenvalue weighted by molar-refractivity contribution is 0.0530. The molecule has 188 valence electrons. The smallest absolute Gasteiger partial charge is 0.342 e. The number of halogens is 1. The van der Waals surface area contributed by atoms with E-state index in [4.69, 9.17) is 26.1 Å². The lowest BCUT2D eigenvalue weighted by atomic mass is 10.2. The molecule has 1 aliphatic rings. The summed E-state index contributed by atoms with van der Waals surface area (Å²) < 4.78 is 12.3. The van der Waals surface area contributed by atoms with Crippen molar-refractivity contribution in [3.63, 3.8) is 0 Å². The first kappa shape index (κ1) is 24.9. The summed E-state index contributed by atoms with van der Waals surface area (Å²) in [5.74, 6) is -0.174. The molecule has 0 N–H and O–H groups in total. The van der Waals surface area contributed by atoms with Crippen molar-refractivity contribution in [3.8, 4) is 5.69 Å². The van der Waals surface area contributed by atoms with Crippen LogP contribution in [-0.2, 0) is 9.47 Å². The SMILES string of the molecule is CCOC(=O)c1c(N=C=Nc2ccc(Cl)cc2)sc2nc(N3CCOCC3)n(-c3ccccc3)c(=O)c12. The molecular weight excluding hydrogens is 514 g/mol. The molecule has 0 amide bonds. The number of fused-ring (bicyclic) bond motifs is 1. The number of benzene rings is 2. The van der Waals surface area contributed by atoms with E-state index in [0.717, 1.165) is 11.3 Å². The molecule has 3 heterocycles. The van der Waals surface area contributed by atoms with Gasteiger partial charge >= 0.3 is 5.97 Å². The highest BCUT2D eigenvalue weighted by atomic mass is 35.5. The van der Waals surface area contributed by atoms with Crippen LogP contribution in [0.5, 0.6) is 0 Å². The molecule has 37 heavy (non-hydrogen) atoms. The van der Waals surface area contributed by atoms with Crippen molar-refractivity contribution in [3.05, 3.63) is 75.5 Å². The van der Waals surface area contributed by atoms with Crippen LogP contribution in [0.4, 0.5) is 16.6 Å². The van der Waals surface area contributed by atoms with Gasteiger partial charge in [0, 0.05) is 18.1 Å². The van der Waals surface area contributed by atoms with Crippen molar-refractivity contribution in [2.24, 2.45) is 9.98 Å². The Bertz CT molecular complexity index is 1550. The predicted molar refractivity (Wildman–Crippen MR) is 145 cm³/mol. The summed E-state index contributed by atoms with van der Waals surface area (Å²) in [4.78, 5) is 42.8. The summed E-state index contributed by atoms with van der Waals surface area (Å²) in [7, 11) is 0. The molecule has 1 aliphatic heterocycles. The van der Waals surface area contributed by atoms with Crippen molar-refractivity contribution >= 4 is 61.8 Å². The fraction of sp³-hybridized carbons (Fsp3) is 0.231. The van der Waals surface area contributed by atoms with Crippen LogP contribution < -0.4 is 10.5 Å². The maximum absolute atomic E-state index is 14.0. The minimum atomic E-state index is -0.654. The molecule has 0 bridgehead atoms. The Morgan fingerprint density at radius 2 is 1.86 bits per heavy atom. The highest BCUT2D eigenvalue weighted by molar-refractivity contribution is 7.22. The zero-order chi connectivity index (χ0) is 25.8.